The molecule has 0 spiro atoms. The minimum atomic E-state index is 0.429. The van der Waals surface area contributed by atoms with E-state index in [1.807, 2.05) is 42.2 Å². The molecule has 3 heteroatoms. The number of hydrogen-bond donors (Lipinski definition) is 0. The molecule has 1 heterocycles. The fourth-order valence-electron chi connectivity index (χ4n) is 1.74. The highest BCUT2D eigenvalue weighted by molar-refractivity contribution is 6.30. The molecule has 16 heavy (non-hydrogen) atoms. The zero-order valence-electron chi connectivity index (χ0n) is 9.74. The first-order chi connectivity index (χ1) is 7.58. The third-order valence-electron chi connectivity index (χ3n) is 2.57. The van der Waals surface area contributed by atoms with Gasteiger partial charge >= 0.3 is 0 Å². The predicted molar refractivity (Wildman–Crippen MR) is 67.4 cm³/mol. The molecule has 84 valence electrons. The van der Waals surface area contributed by atoms with Crippen LogP contribution in [0.4, 0.5) is 0 Å². The molecule has 0 saturated heterocycles. The summed E-state index contributed by atoms with van der Waals surface area (Å²) < 4.78 is 1.90. The number of hydrogen-bond acceptors (Lipinski definition) is 1. The molecule has 0 aliphatic heterocycles. The van der Waals surface area contributed by atoms with Crippen molar-refractivity contribution < 1.29 is 0 Å². The average Bonchev–Trinajstić information content (AvgIpc) is 2.64. The second-order valence-electron chi connectivity index (χ2n) is 4.32. The van der Waals surface area contributed by atoms with E-state index in [1.165, 1.54) is 5.56 Å². The largest absolute Gasteiger partial charge is 0.240 e. The van der Waals surface area contributed by atoms with Gasteiger partial charge in [-0.2, -0.15) is 5.10 Å². The maximum absolute atomic E-state index is 6.02. The number of rotatable bonds is 2. The molecule has 0 fully saturated rings. The first-order valence-electron chi connectivity index (χ1n) is 5.39. The van der Waals surface area contributed by atoms with Gasteiger partial charge in [-0.3, -0.25) is 0 Å². The van der Waals surface area contributed by atoms with Crippen LogP contribution in [-0.2, 0) is 0 Å². The molecule has 0 saturated carbocycles. The average molecular weight is 235 g/mol. The summed E-state index contributed by atoms with van der Waals surface area (Å²) in [5.74, 6) is 0.429. The van der Waals surface area contributed by atoms with E-state index in [-0.39, 0.29) is 0 Å². The Morgan fingerprint density at radius 2 is 2.06 bits per heavy atom. The molecule has 1 aromatic heterocycles. The highest BCUT2D eigenvalue weighted by Gasteiger charge is 2.09. The van der Waals surface area contributed by atoms with Crippen molar-refractivity contribution in [3.63, 3.8) is 0 Å². The standard InChI is InChI=1S/C13H15ClN2/c1-9(2)12-6-11(14)4-5-13(12)16-8-10(3)7-15-16/h4-9H,1-3H3. The highest BCUT2D eigenvalue weighted by atomic mass is 35.5. The van der Waals surface area contributed by atoms with Gasteiger partial charge in [-0.15, -0.1) is 0 Å². The molecule has 0 N–H and O–H groups in total. The van der Waals surface area contributed by atoms with Gasteiger partial charge in [0.05, 0.1) is 11.9 Å². The van der Waals surface area contributed by atoms with Gasteiger partial charge in [0.25, 0.3) is 0 Å². The summed E-state index contributed by atoms with van der Waals surface area (Å²) in [4.78, 5) is 0. The van der Waals surface area contributed by atoms with Crippen molar-refractivity contribution in [2.75, 3.05) is 0 Å². The molecule has 2 aromatic rings. The predicted octanol–water partition coefficient (Wildman–Crippen LogP) is 3.96. The Labute approximate surface area is 101 Å². The zero-order chi connectivity index (χ0) is 11.7. The molecule has 0 aliphatic rings. The Morgan fingerprint density at radius 3 is 2.62 bits per heavy atom. The summed E-state index contributed by atoms with van der Waals surface area (Å²) >= 11 is 6.02. The van der Waals surface area contributed by atoms with Gasteiger partial charge in [-0.25, -0.2) is 4.68 Å². The van der Waals surface area contributed by atoms with E-state index in [4.69, 9.17) is 11.6 Å². The zero-order valence-corrected chi connectivity index (χ0v) is 10.5. The summed E-state index contributed by atoms with van der Waals surface area (Å²) in [6.07, 6.45) is 3.88. The van der Waals surface area contributed by atoms with Gasteiger partial charge in [-0.05, 0) is 42.2 Å². The lowest BCUT2D eigenvalue weighted by molar-refractivity contribution is 0.808. The van der Waals surface area contributed by atoms with Crippen molar-refractivity contribution in [1.29, 1.82) is 0 Å². The quantitative estimate of drug-likeness (QED) is 0.769. The van der Waals surface area contributed by atoms with Crippen molar-refractivity contribution in [3.05, 3.63) is 46.7 Å². The van der Waals surface area contributed by atoms with Gasteiger partial charge in [0.2, 0.25) is 0 Å². The molecule has 0 unspecified atom stereocenters. The van der Waals surface area contributed by atoms with Gasteiger partial charge in [-0.1, -0.05) is 25.4 Å². The summed E-state index contributed by atoms with van der Waals surface area (Å²) in [6.45, 7) is 6.35. The second kappa shape index (κ2) is 4.30. The van der Waals surface area contributed by atoms with Gasteiger partial charge < -0.3 is 0 Å². The van der Waals surface area contributed by atoms with E-state index in [9.17, 15) is 0 Å². The lowest BCUT2D eigenvalue weighted by Gasteiger charge is -2.13. The van der Waals surface area contributed by atoms with Crippen LogP contribution in [0, 0.1) is 6.92 Å². The van der Waals surface area contributed by atoms with E-state index in [1.54, 1.807) is 0 Å². The van der Waals surface area contributed by atoms with E-state index >= 15 is 0 Å². The normalized spacial score (nSPS) is 11.1. The molecule has 0 bridgehead atoms. The molecule has 0 aliphatic carbocycles. The van der Waals surface area contributed by atoms with Crippen molar-refractivity contribution >= 4 is 11.6 Å². The van der Waals surface area contributed by atoms with Crippen LogP contribution in [0.2, 0.25) is 5.02 Å². The number of benzene rings is 1. The Morgan fingerprint density at radius 1 is 1.31 bits per heavy atom. The van der Waals surface area contributed by atoms with E-state index in [0.29, 0.717) is 5.92 Å². The number of aromatic nitrogens is 2. The van der Waals surface area contributed by atoms with Crippen molar-refractivity contribution in [2.45, 2.75) is 26.7 Å². The molecule has 2 nitrogen and oxygen atoms in total. The molecule has 2 rings (SSSR count). The molecule has 0 amide bonds. The minimum Gasteiger partial charge on any atom is -0.240 e. The van der Waals surface area contributed by atoms with Crippen LogP contribution < -0.4 is 0 Å². The van der Waals surface area contributed by atoms with Crippen molar-refractivity contribution in [3.8, 4) is 5.69 Å². The number of nitrogens with zero attached hydrogens (tertiary/aromatic N) is 2. The number of aryl methyl sites for hydroxylation is 1. The van der Waals surface area contributed by atoms with Crippen LogP contribution in [0.3, 0.4) is 0 Å². The van der Waals surface area contributed by atoms with Crippen LogP contribution in [0.1, 0.15) is 30.9 Å². The molecule has 0 radical (unpaired) electrons. The SMILES string of the molecule is Cc1cnn(-c2ccc(Cl)cc2C(C)C)c1. The maximum atomic E-state index is 6.02. The van der Waals surface area contributed by atoms with Crippen LogP contribution in [-0.4, -0.2) is 9.78 Å². The summed E-state index contributed by atoms with van der Waals surface area (Å²) in [5.41, 5.74) is 3.48. The van der Waals surface area contributed by atoms with E-state index in [2.05, 4.69) is 18.9 Å². The van der Waals surface area contributed by atoms with E-state index < -0.39 is 0 Å². The van der Waals surface area contributed by atoms with Crippen molar-refractivity contribution in [2.24, 2.45) is 0 Å². The Balaban J connectivity index is 2.56. The van der Waals surface area contributed by atoms with Crippen LogP contribution >= 0.6 is 11.6 Å². The maximum Gasteiger partial charge on any atom is 0.0681 e. The molecular weight excluding hydrogens is 220 g/mol. The first-order valence-corrected chi connectivity index (χ1v) is 5.77. The summed E-state index contributed by atoms with van der Waals surface area (Å²) in [6, 6.07) is 5.93. The Bertz CT molecular complexity index is 500. The van der Waals surface area contributed by atoms with Gasteiger partial charge in [0, 0.05) is 11.2 Å². The first kappa shape index (κ1) is 11.2. The summed E-state index contributed by atoms with van der Waals surface area (Å²) in [7, 11) is 0. The fraction of sp³-hybridized carbons (Fsp3) is 0.308. The van der Waals surface area contributed by atoms with E-state index in [0.717, 1.165) is 16.3 Å². The monoisotopic (exact) mass is 234 g/mol. The minimum absolute atomic E-state index is 0.429. The Hall–Kier alpha value is -1.28. The van der Waals surface area contributed by atoms with Crippen LogP contribution in [0.25, 0.3) is 5.69 Å². The smallest absolute Gasteiger partial charge is 0.0681 e. The molecular formula is C13H15ClN2. The third kappa shape index (κ3) is 2.12. The van der Waals surface area contributed by atoms with Crippen LogP contribution in [0.5, 0.6) is 0 Å². The topological polar surface area (TPSA) is 17.8 Å². The number of halogens is 1. The lowest BCUT2D eigenvalue weighted by Crippen LogP contribution is -2.01. The third-order valence-corrected chi connectivity index (χ3v) is 2.81. The highest BCUT2D eigenvalue weighted by Crippen LogP contribution is 2.26. The summed E-state index contributed by atoms with van der Waals surface area (Å²) in [5, 5.41) is 5.11. The molecule has 1 aromatic carbocycles. The molecule has 0 atom stereocenters. The Kier molecular flexibility index (Phi) is 3.01. The fourth-order valence-corrected chi connectivity index (χ4v) is 1.92. The van der Waals surface area contributed by atoms with Gasteiger partial charge in [0.1, 0.15) is 0 Å². The van der Waals surface area contributed by atoms with Crippen molar-refractivity contribution in [1.82, 2.24) is 9.78 Å². The van der Waals surface area contributed by atoms with Gasteiger partial charge in [0.15, 0.2) is 0 Å². The lowest BCUT2D eigenvalue weighted by atomic mass is 10.0. The van der Waals surface area contributed by atoms with Crippen LogP contribution in [0.15, 0.2) is 30.6 Å². The second-order valence-corrected chi connectivity index (χ2v) is 4.76.